The van der Waals surface area contributed by atoms with Crippen molar-refractivity contribution in [1.82, 2.24) is 9.88 Å². The van der Waals surface area contributed by atoms with Crippen LogP contribution in [-0.2, 0) is 4.74 Å². The maximum absolute atomic E-state index is 5.38. The van der Waals surface area contributed by atoms with Gasteiger partial charge >= 0.3 is 0 Å². The van der Waals surface area contributed by atoms with Gasteiger partial charge in [-0.3, -0.25) is 9.88 Å². The van der Waals surface area contributed by atoms with E-state index in [0.29, 0.717) is 24.0 Å². The Morgan fingerprint density at radius 2 is 1.79 bits per heavy atom. The number of anilines is 1. The molecule has 3 atom stereocenters. The first-order chi connectivity index (χ1) is 12.6. The van der Waals surface area contributed by atoms with Gasteiger partial charge in [0.2, 0.25) is 0 Å². The summed E-state index contributed by atoms with van der Waals surface area (Å²) >= 11 is 0. The molecule has 1 aromatic heterocycles. The molecule has 3 rings (SSSR count). The maximum atomic E-state index is 5.38. The van der Waals surface area contributed by atoms with Crippen LogP contribution in [0.25, 0.3) is 0 Å². The van der Waals surface area contributed by atoms with Crippen LogP contribution in [-0.4, -0.2) is 54.3 Å². The second kappa shape index (κ2) is 14.0. The summed E-state index contributed by atoms with van der Waals surface area (Å²) in [5.41, 5.74) is 2.53. The minimum atomic E-state index is 0. The number of hydrogen-bond acceptors (Lipinski definition) is 4. The Balaban J connectivity index is 0.00000177. The maximum Gasteiger partial charge on any atom is 0.0645 e. The minimum Gasteiger partial charge on any atom is -0.378 e. The van der Waals surface area contributed by atoms with Gasteiger partial charge in [-0.1, -0.05) is 34.1 Å². The van der Waals surface area contributed by atoms with Gasteiger partial charge in [-0.15, -0.1) is 0 Å². The van der Waals surface area contributed by atoms with Crippen molar-refractivity contribution in [3.8, 4) is 0 Å². The zero-order valence-electron chi connectivity index (χ0n) is 19.2. The third-order valence-corrected chi connectivity index (χ3v) is 5.77. The summed E-state index contributed by atoms with van der Waals surface area (Å²) in [5, 5.41) is 0. The van der Waals surface area contributed by atoms with Crippen molar-refractivity contribution in [2.45, 2.75) is 84.8 Å². The van der Waals surface area contributed by atoms with Crippen LogP contribution in [0.2, 0.25) is 0 Å². The molecule has 0 N–H and O–H groups in total. The van der Waals surface area contributed by atoms with Gasteiger partial charge in [-0.2, -0.15) is 0 Å². The van der Waals surface area contributed by atoms with E-state index in [1.54, 1.807) is 0 Å². The minimum absolute atomic E-state index is 0. The fraction of sp³-hybridized carbons (Fsp3) is 0.739. The third kappa shape index (κ3) is 6.73. The normalized spacial score (nSPS) is 23.4. The van der Waals surface area contributed by atoms with Crippen LogP contribution in [0.15, 0.2) is 18.3 Å². The number of pyridine rings is 1. The molecule has 2 fully saturated rings. The van der Waals surface area contributed by atoms with Crippen molar-refractivity contribution >= 4 is 5.69 Å². The van der Waals surface area contributed by atoms with Gasteiger partial charge in [0, 0.05) is 67.9 Å². The van der Waals surface area contributed by atoms with Crippen molar-refractivity contribution in [3.05, 3.63) is 31.5 Å². The van der Waals surface area contributed by atoms with Crippen LogP contribution in [0.4, 0.5) is 5.69 Å². The summed E-state index contributed by atoms with van der Waals surface area (Å²) in [5.74, 6) is 0.607. The molecular formula is C23H42N3OU-. The Hall–Kier alpha value is -0.0781. The first kappa shape index (κ1) is 27.9. The van der Waals surface area contributed by atoms with E-state index in [2.05, 4.69) is 55.8 Å². The fourth-order valence-electron chi connectivity index (χ4n) is 4.16. The molecule has 4 nitrogen and oxygen atoms in total. The number of rotatable bonds is 6. The van der Waals surface area contributed by atoms with Crippen LogP contribution >= 0.6 is 0 Å². The summed E-state index contributed by atoms with van der Waals surface area (Å²) in [4.78, 5) is 9.96. The van der Waals surface area contributed by atoms with E-state index in [-0.39, 0.29) is 38.5 Å². The summed E-state index contributed by atoms with van der Waals surface area (Å²) in [6.45, 7) is 17.2. The van der Waals surface area contributed by atoms with Gasteiger partial charge < -0.3 is 17.1 Å². The van der Waals surface area contributed by atoms with E-state index in [4.69, 9.17) is 9.72 Å². The Bertz CT molecular complexity index is 521. The molecule has 28 heavy (non-hydrogen) atoms. The monoisotopic (exact) mass is 614 g/mol. The molecule has 5 heteroatoms. The van der Waals surface area contributed by atoms with E-state index in [1.807, 2.05) is 13.8 Å². The van der Waals surface area contributed by atoms with Crippen molar-refractivity contribution in [2.75, 3.05) is 31.2 Å². The molecule has 0 spiro atoms. The molecule has 3 heterocycles. The molecule has 0 radical (unpaired) electrons. The van der Waals surface area contributed by atoms with E-state index < -0.39 is 0 Å². The number of aromatic nitrogens is 1. The van der Waals surface area contributed by atoms with Crippen molar-refractivity contribution in [1.29, 1.82) is 0 Å². The molecule has 2 aliphatic heterocycles. The van der Waals surface area contributed by atoms with Gasteiger partial charge in [0.05, 0.1) is 31.1 Å². The Morgan fingerprint density at radius 3 is 2.25 bits per heavy atom. The topological polar surface area (TPSA) is 28.6 Å². The van der Waals surface area contributed by atoms with Gasteiger partial charge in [0.15, 0.2) is 0 Å². The van der Waals surface area contributed by atoms with E-state index >= 15 is 0 Å². The summed E-state index contributed by atoms with van der Waals surface area (Å²) in [7, 11) is 0. The molecule has 0 saturated carbocycles. The predicted octanol–water partition coefficient (Wildman–Crippen LogP) is 5.15. The van der Waals surface area contributed by atoms with Crippen LogP contribution in [0, 0.1) is 38.5 Å². The van der Waals surface area contributed by atoms with E-state index in [0.717, 1.165) is 26.3 Å². The van der Waals surface area contributed by atoms with Gasteiger partial charge in [-0.25, -0.2) is 0 Å². The van der Waals surface area contributed by atoms with Crippen molar-refractivity contribution in [2.24, 2.45) is 0 Å². The third-order valence-electron chi connectivity index (χ3n) is 5.77. The number of hydrogen-bond donors (Lipinski definition) is 0. The molecule has 2 saturated heterocycles. The molecule has 0 amide bonds. The Labute approximate surface area is 198 Å². The summed E-state index contributed by atoms with van der Waals surface area (Å²) in [6, 6.07) is 6.25. The van der Waals surface area contributed by atoms with E-state index in [9.17, 15) is 0 Å². The van der Waals surface area contributed by atoms with Crippen LogP contribution < -0.4 is 4.90 Å². The number of nitrogens with zero attached hydrogens (tertiary/aromatic N) is 3. The number of ether oxygens (including phenoxy) is 1. The molecule has 1 aromatic rings. The average molecular weight is 615 g/mol. The zero-order chi connectivity index (χ0) is 19.1. The van der Waals surface area contributed by atoms with Gasteiger partial charge in [0.1, 0.15) is 0 Å². The molecular weight excluding hydrogens is 572 g/mol. The second-order valence-corrected chi connectivity index (χ2v) is 7.57. The standard InChI is InChI=1S/C20H33N3O.C2H6.CH3.U/c1-5-7-17(6-2)20-9-8-18(10-21-20)22-11-16(4)23(12-15(22)3)19-13-24-14-19;1-2;;/h8-10,15-17,19H,5-7,11-14H2,1-4H3;1-2H3;1H3;/q;;-1;. The summed E-state index contributed by atoms with van der Waals surface area (Å²) in [6.07, 6.45) is 5.73. The average Bonchev–Trinajstić information content (AvgIpc) is 2.63. The van der Waals surface area contributed by atoms with Crippen LogP contribution in [0.3, 0.4) is 0 Å². The summed E-state index contributed by atoms with van der Waals surface area (Å²) < 4.78 is 5.38. The van der Waals surface area contributed by atoms with Crippen molar-refractivity contribution in [3.63, 3.8) is 0 Å². The quantitative estimate of drug-likeness (QED) is 0.415. The molecule has 0 aromatic carbocycles. The van der Waals surface area contributed by atoms with Gasteiger partial charge in [0.25, 0.3) is 0 Å². The molecule has 0 bridgehead atoms. The van der Waals surface area contributed by atoms with Gasteiger partial charge in [-0.05, 0) is 38.8 Å². The Kier molecular flexibility index (Phi) is 14.0. The first-order valence-corrected chi connectivity index (χ1v) is 10.7. The SMILES string of the molecule is CC.CCCC(CC)c1ccc(N2CC(C)N(C3COC3)CC2C)cn1.[CH3-].[U]. The number of piperazine rings is 1. The fourth-order valence-corrected chi connectivity index (χ4v) is 4.16. The van der Waals surface area contributed by atoms with Crippen LogP contribution in [0.1, 0.15) is 72.4 Å². The molecule has 3 unspecified atom stereocenters. The molecule has 0 aliphatic carbocycles. The first-order valence-electron chi connectivity index (χ1n) is 10.7. The predicted molar refractivity (Wildman–Crippen MR) is 118 cm³/mol. The zero-order valence-corrected chi connectivity index (χ0v) is 23.4. The second-order valence-electron chi connectivity index (χ2n) is 7.57. The Morgan fingerprint density at radius 1 is 1.11 bits per heavy atom. The largest absolute Gasteiger partial charge is 0.378 e. The van der Waals surface area contributed by atoms with E-state index in [1.165, 1.54) is 30.6 Å². The molecule has 160 valence electrons. The smallest absolute Gasteiger partial charge is 0.0645 e. The molecule has 2 aliphatic rings. The van der Waals surface area contributed by atoms with Crippen molar-refractivity contribution < 1.29 is 35.9 Å². The van der Waals surface area contributed by atoms with Crippen LogP contribution in [0.5, 0.6) is 0 Å².